The monoisotopic (exact) mass is 373 g/mol. The molecule has 0 saturated carbocycles. The Bertz CT molecular complexity index is 775. The summed E-state index contributed by atoms with van der Waals surface area (Å²) in [4.78, 5) is 14.5. The van der Waals surface area contributed by atoms with E-state index in [4.69, 9.17) is 8.83 Å². The van der Waals surface area contributed by atoms with E-state index in [1.165, 1.54) is 0 Å². The number of hydrogen-bond acceptors (Lipinski definition) is 3. The normalized spacial score (nSPS) is 10.7. The van der Waals surface area contributed by atoms with Gasteiger partial charge in [0.15, 0.2) is 0 Å². The van der Waals surface area contributed by atoms with Gasteiger partial charge in [-0.2, -0.15) is 0 Å². The number of amides is 1. The fourth-order valence-electron chi connectivity index (χ4n) is 2.32. The van der Waals surface area contributed by atoms with Crippen molar-refractivity contribution in [2.24, 2.45) is 0 Å². The van der Waals surface area contributed by atoms with Crippen LogP contribution < -0.4 is 0 Å². The molecule has 0 N–H and O–H groups in total. The van der Waals surface area contributed by atoms with Gasteiger partial charge in [-0.25, -0.2) is 0 Å². The molecule has 0 aliphatic rings. The van der Waals surface area contributed by atoms with E-state index in [9.17, 15) is 4.79 Å². The molecular formula is C18H16BrNO3. The number of aryl methyl sites for hydroxylation is 1. The molecule has 3 aromatic rings. The highest BCUT2D eigenvalue weighted by molar-refractivity contribution is 9.10. The van der Waals surface area contributed by atoms with Gasteiger partial charge in [-0.05, 0) is 55.5 Å². The van der Waals surface area contributed by atoms with Crippen molar-refractivity contribution >= 4 is 21.8 Å². The van der Waals surface area contributed by atoms with Crippen LogP contribution >= 0.6 is 15.9 Å². The second-order valence-electron chi connectivity index (χ2n) is 5.26. The number of furan rings is 2. The lowest BCUT2D eigenvalue weighted by atomic mass is 10.2. The molecule has 0 aliphatic carbocycles. The summed E-state index contributed by atoms with van der Waals surface area (Å²) in [6.45, 7) is 2.67. The molecule has 0 bridgehead atoms. The summed E-state index contributed by atoms with van der Waals surface area (Å²) >= 11 is 3.38. The molecule has 3 rings (SSSR count). The fourth-order valence-corrected chi connectivity index (χ4v) is 2.59. The first-order valence-electron chi connectivity index (χ1n) is 7.24. The molecular weight excluding hydrogens is 358 g/mol. The molecule has 0 atom stereocenters. The van der Waals surface area contributed by atoms with Gasteiger partial charge in [-0.1, -0.05) is 15.9 Å². The van der Waals surface area contributed by atoms with Crippen LogP contribution in [0.2, 0.25) is 0 Å². The summed E-state index contributed by atoms with van der Waals surface area (Å²) in [7, 11) is 0. The van der Waals surface area contributed by atoms with Gasteiger partial charge in [0.1, 0.15) is 17.3 Å². The molecule has 1 amide bonds. The highest BCUT2D eigenvalue weighted by Crippen LogP contribution is 2.18. The van der Waals surface area contributed by atoms with Crippen LogP contribution in [0.5, 0.6) is 0 Å². The molecule has 4 nitrogen and oxygen atoms in total. The number of halogens is 1. The van der Waals surface area contributed by atoms with Crippen LogP contribution in [-0.2, 0) is 13.1 Å². The Kier molecular flexibility index (Phi) is 4.67. The van der Waals surface area contributed by atoms with Crippen molar-refractivity contribution in [3.05, 3.63) is 82.1 Å². The average molecular weight is 374 g/mol. The Morgan fingerprint density at radius 1 is 1.04 bits per heavy atom. The van der Waals surface area contributed by atoms with Gasteiger partial charge in [-0.15, -0.1) is 0 Å². The maximum Gasteiger partial charge on any atom is 0.254 e. The average Bonchev–Trinajstić information content (AvgIpc) is 3.19. The van der Waals surface area contributed by atoms with E-state index in [2.05, 4.69) is 15.9 Å². The lowest BCUT2D eigenvalue weighted by Gasteiger charge is -2.20. The Hall–Kier alpha value is -2.27. The zero-order valence-electron chi connectivity index (χ0n) is 12.7. The summed E-state index contributed by atoms with van der Waals surface area (Å²) in [5.41, 5.74) is 0.628. The minimum atomic E-state index is -0.0667. The first-order chi connectivity index (χ1) is 11.1. The molecule has 23 heavy (non-hydrogen) atoms. The third kappa shape index (κ3) is 3.93. The van der Waals surface area contributed by atoms with Crippen molar-refractivity contribution in [1.82, 2.24) is 4.90 Å². The third-order valence-electron chi connectivity index (χ3n) is 3.45. The van der Waals surface area contributed by atoms with Crippen molar-refractivity contribution in [3.63, 3.8) is 0 Å². The molecule has 0 unspecified atom stereocenters. The lowest BCUT2D eigenvalue weighted by molar-refractivity contribution is 0.0704. The third-order valence-corrected chi connectivity index (χ3v) is 3.98. The second-order valence-corrected chi connectivity index (χ2v) is 6.18. The van der Waals surface area contributed by atoms with Gasteiger partial charge < -0.3 is 13.7 Å². The number of carbonyl (C=O) groups excluding carboxylic acids is 1. The van der Waals surface area contributed by atoms with Gasteiger partial charge in [-0.3, -0.25) is 4.79 Å². The SMILES string of the molecule is Cc1ccc(CN(Cc2ccco2)C(=O)c2ccc(Br)cc2)o1. The van der Waals surface area contributed by atoms with Crippen molar-refractivity contribution in [1.29, 1.82) is 0 Å². The van der Waals surface area contributed by atoms with Crippen molar-refractivity contribution < 1.29 is 13.6 Å². The van der Waals surface area contributed by atoms with Crippen LogP contribution in [0.1, 0.15) is 27.6 Å². The summed E-state index contributed by atoms with van der Waals surface area (Å²) < 4.78 is 11.9. The molecule has 5 heteroatoms. The van der Waals surface area contributed by atoms with Crippen molar-refractivity contribution in [2.45, 2.75) is 20.0 Å². The van der Waals surface area contributed by atoms with Crippen LogP contribution in [0.3, 0.4) is 0 Å². The predicted molar refractivity (Wildman–Crippen MR) is 89.9 cm³/mol. The Balaban J connectivity index is 1.84. The van der Waals surface area contributed by atoms with E-state index in [-0.39, 0.29) is 5.91 Å². The van der Waals surface area contributed by atoms with E-state index in [1.54, 1.807) is 23.3 Å². The molecule has 0 radical (unpaired) electrons. The van der Waals surface area contributed by atoms with E-state index in [0.717, 1.165) is 21.8 Å². The van der Waals surface area contributed by atoms with Gasteiger partial charge in [0.05, 0.1) is 19.4 Å². The summed E-state index contributed by atoms with van der Waals surface area (Å²) in [6, 6.07) is 14.8. The standard InChI is InChI=1S/C18H16BrNO3/c1-13-4-9-17(23-13)12-20(11-16-3-2-10-22-16)18(21)14-5-7-15(19)8-6-14/h2-10H,11-12H2,1H3. The van der Waals surface area contributed by atoms with E-state index < -0.39 is 0 Å². The van der Waals surface area contributed by atoms with E-state index >= 15 is 0 Å². The fraction of sp³-hybridized carbons (Fsp3) is 0.167. The predicted octanol–water partition coefficient (Wildman–Crippen LogP) is 4.79. The minimum Gasteiger partial charge on any atom is -0.467 e. The van der Waals surface area contributed by atoms with E-state index in [1.807, 2.05) is 43.3 Å². The smallest absolute Gasteiger partial charge is 0.254 e. The molecule has 0 saturated heterocycles. The molecule has 1 aromatic carbocycles. The zero-order valence-corrected chi connectivity index (χ0v) is 14.2. The molecule has 2 aromatic heterocycles. The summed E-state index contributed by atoms with van der Waals surface area (Å²) in [6.07, 6.45) is 1.61. The quantitative estimate of drug-likeness (QED) is 0.645. The topological polar surface area (TPSA) is 46.6 Å². The molecule has 0 aliphatic heterocycles. The van der Waals surface area contributed by atoms with Crippen LogP contribution in [0.25, 0.3) is 0 Å². The largest absolute Gasteiger partial charge is 0.467 e. The number of nitrogens with zero attached hydrogens (tertiary/aromatic N) is 1. The highest BCUT2D eigenvalue weighted by Gasteiger charge is 2.19. The van der Waals surface area contributed by atoms with Gasteiger partial charge >= 0.3 is 0 Å². The molecule has 0 fully saturated rings. The second kappa shape index (κ2) is 6.87. The summed E-state index contributed by atoms with van der Waals surface area (Å²) in [5.74, 6) is 2.25. The number of hydrogen-bond donors (Lipinski definition) is 0. The first-order valence-corrected chi connectivity index (χ1v) is 8.03. The Morgan fingerprint density at radius 3 is 2.39 bits per heavy atom. The first kappa shape index (κ1) is 15.6. The van der Waals surface area contributed by atoms with Gasteiger partial charge in [0.2, 0.25) is 0 Å². The van der Waals surface area contributed by atoms with Crippen molar-refractivity contribution in [3.8, 4) is 0 Å². The molecule has 118 valence electrons. The maximum atomic E-state index is 12.8. The molecule has 0 spiro atoms. The van der Waals surface area contributed by atoms with E-state index in [0.29, 0.717) is 18.7 Å². The Labute approximate surface area is 142 Å². The number of carbonyl (C=O) groups is 1. The van der Waals surface area contributed by atoms with Gasteiger partial charge in [0, 0.05) is 10.0 Å². The zero-order chi connectivity index (χ0) is 16.2. The lowest BCUT2D eigenvalue weighted by Crippen LogP contribution is -2.29. The molecule has 2 heterocycles. The minimum absolute atomic E-state index is 0.0667. The van der Waals surface area contributed by atoms with Gasteiger partial charge in [0.25, 0.3) is 5.91 Å². The maximum absolute atomic E-state index is 12.8. The number of rotatable bonds is 5. The summed E-state index contributed by atoms with van der Waals surface area (Å²) in [5, 5.41) is 0. The van der Waals surface area contributed by atoms with Crippen LogP contribution in [0.15, 0.2) is 68.1 Å². The van der Waals surface area contributed by atoms with Crippen LogP contribution in [0.4, 0.5) is 0 Å². The highest BCUT2D eigenvalue weighted by atomic mass is 79.9. The van der Waals surface area contributed by atoms with Crippen LogP contribution in [-0.4, -0.2) is 10.8 Å². The van der Waals surface area contributed by atoms with Crippen LogP contribution in [0, 0.1) is 6.92 Å². The van der Waals surface area contributed by atoms with Crippen molar-refractivity contribution in [2.75, 3.05) is 0 Å². The number of benzene rings is 1. The Morgan fingerprint density at radius 2 is 1.78 bits per heavy atom.